The minimum absolute atomic E-state index is 0.0480. The third kappa shape index (κ3) is 5.70. The summed E-state index contributed by atoms with van der Waals surface area (Å²) in [6, 6.07) is 14.0. The molecule has 0 radical (unpaired) electrons. The Balaban J connectivity index is 2.12. The van der Waals surface area contributed by atoms with Gasteiger partial charge >= 0.3 is 0 Å². The van der Waals surface area contributed by atoms with Crippen LogP contribution in [0.15, 0.2) is 59.5 Å². The highest BCUT2D eigenvalue weighted by atomic mass is 32.2. The highest BCUT2D eigenvalue weighted by Gasteiger charge is 2.20. The standard InChI is InChI=1S/C17H19N3O4S/c1-12(21)19-16(11-13-5-3-2-4-6-13)17(22)20-14-7-9-15(10-8-14)25(18,23)24/h2-10,16H,11H2,1H3,(H,19,21)(H,20,22)(H2,18,23,24)/t16-/m1/s1. The molecule has 0 spiro atoms. The number of carbonyl (C=O) groups excluding carboxylic acids is 2. The molecule has 0 saturated carbocycles. The third-order valence-electron chi connectivity index (χ3n) is 3.43. The van der Waals surface area contributed by atoms with Gasteiger partial charge in [-0.3, -0.25) is 9.59 Å². The summed E-state index contributed by atoms with van der Waals surface area (Å²) in [5.41, 5.74) is 1.31. The second-order valence-electron chi connectivity index (χ2n) is 5.50. The van der Waals surface area contributed by atoms with E-state index in [1.165, 1.54) is 31.2 Å². The van der Waals surface area contributed by atoms with Gasteiger partial charge in [-0.25, -0.2) is 13.6 Å². The number of carbonyl (C=O) groups is 2. The van der Waals surface area contributed by atoms with E-state index in [-0.39, 0.29) is 10.8 Å². The van der Waals surface area contributed by atoms with Crippen molar-refractivity contribution in [3.05, 3.63) is 60.2 Å². The molecule has 2 amide bonds. The zero-order chi connectivity index (χ0) is 18.4. The molecule has 2 aromatic carbocycles. The molecule has 0 bridgehead atoms. The molecule has 0 saturated heterocycles. The van der Waals surface area contributed by atoms with Gasteiger partial charge in [0.1, 0.15) is 6.04 Å². The highest BCUT2D eigenvalue weighted by molar-refractivity contribution is 7.89. The van der Waals surface area contributed by atoms with Crippen molar-refractivity contribution in [2.75, 3.05) is 5.32 Å². The largest absolute Gasteiger partial charge is 0.344 e. The van der Waals surface area contributed by atoms with E-state index in [1.807, 2.05) is 30.3 Å². The van der Waals surface area contributed by atoms with Gasteiger partial charge in [-0.15, -0.1) is 0 Å². The van der Waals surface area contributed by atoms with E-state index in [4.69, 9.17) is 5.14 Å². The van der Waals surface area contributed by atoms with E-state index in [0.29, 0.717) is 12.1 Å². The summed E-state index contributed by atoms with van der Waals surface area (Å²) < 4.78 is 22.5. The topological polar surface area (TPSA) is 118 Å². The predicted molar refractivity (Wildman–Crippen MR) is 94.2 cm³/mol. The maximum Gasteiger partial charge on any atom is 0.247 e. The summed E-state index contributed by atoms with van der Waals surface area (Å²) >= 11 is 0. The van der Waals surface area contributed by atoms with Crippen molar-refractivity contribution in [2.24, 2.45) is 5.14 Å². The molecule has 0 fully saturated rings. The predicted octanol–water partition coefficient (Wildman–Crippen LogP) is 1.02. The van der Waals surface area contributed by atoms with Gasteiger partial charge in [0, 0.05) is 19.0 Å². The van der Waals surface area contributed by atoms with Crippen molar-refractivity contribution < 1.29 is 18.0 Å². The maximum atomic E-state index is 12.5. The average Bonchev–Trinajstić information content (AvgIpc) is 2.54. The second kappa shape index (κ2) is 7.91. The molecule has 2 rings (SSSR count). The molecule has 1 atom stereocenters. The summed E-state index contributed by atoms with van der Waals surface area (Å²) in [5.74, 6) is -0.719. The Morgan fingerprint density at radius 2 is 1.64 bits per heavy atom. The van der Waals surface area contributed by atoms with Gasteiger partial charge in [-0.05, 0) is 29.8 Å². The molecule has 132 valence electrons. The fourth-order valence-corrected chi connectivity index (χ4v) is 2.78. The average molecular weight is 361 g/mol. The van der Waals surface area contributed by atoms with Crippen LogP contribution in [-0.4, -0.2) is 26.3 Å². The van der Waals surface area contributed by atoms with Crippen molar-refractivity contribution in [1.82, 2.24) is 5.32 Å². The SMILES string of the molecule is CC(=O)N[C@H](Cc1ccccc1)C(=O)Nc1ccc(S(N)(=O)=O)cc1. The molecular weight excluding hydrogens is 342 g/mol. The maximum absolute atomic E-state index is 12.5. The molecular formula is C17H19N3O4S. The zero-order valence-corrected chi connectivity index (χ0v) is 14.4. The van der Waals surface area contributed by atoms with E-state index < -0.39 is 22.0 Å². The second-order valence-corrected chi connectivity index (χ2v) is 7.06. The number of hydrogen-bond acceptors (Lipinski definition) is 4. The van der Waals surface area contributed by atoms with Crippen LogP contribution in [0.1, 0.15) is 12.5 Å². The first-order valence-electron chi connectivity index (χ1n) is 7.50. The number of rotatable bonds is 6. The van der Waals surface area contributed by atoms with Crippen LogP contribution in [0.25, 0.3) is 0 Å². The molecule has 2 aromatic rings. The fraction of sp³-hybridized carbons (Fsp3) is 0.176. The summed E-state index contributed by atoms with van der Waals surface area (Å²) in [5, 5.41) is 10.3. The first-order chi connectivity index (χ1) is 11.8. The Kier molecular flexibility index (Phi) is 5.89. The Morgan fingerprint density at radius 3 is 2.16 bits per heavy atom. The van der Waals surface area contributed by atoms with Crippen LogP contribution in [0.3, 0.4) is 0 Å². The van der Waals surface area contributed by atoms with E-state index >= 15 is 0 Å². The molecule has 0 aliphatic heterocycles. The zero-order valence-electron chi connectivity index (χ0n) is 13.6. The van der Waals surface area contributed by atoms with Gasteiger partial charge in [0.2, 0.25) is 21.8 Å². The van der Waals surface area contributed by atoms with Crippen molar-refractivity contribution in [3.63, 3.8) is 0 Å². The molecule has 8 heteroatoms. The molecule has 0 aliphatic carbocycles. The molecule has 4 N–H and O–H groups in total. The van der Waals surface area contributed by atoms with Crippen molar-refractivity contribution >= 4 is 27.5 Å². The minimum Gasteiger partial charge on any atom is -0.344 e. The Hall–Kier alpha value is -2.71. The number of nitrogens with one attached hydrogen (secondary N) is 2. The molecule has 0 heterocycles. The van der Waals surface area contributed by atoms with E-state index in [0.717, 1.165) is 5.56 Å². The fourth-order valence-electron chi connectivity index (χ4n) is 2.26. The summed E-state index contributed by atoms with van der Waals surface area (Å²) in [4.78, 5) is 23.8. The van der Waals surface area contributed by atoms with Crippen LogP contribution in [-0.2, 0) is 26.0 Å². The molecule has 25 heavy (non-hydrogen) atoms. The van der Waals surface area contributed by atoms with Crippen molar-refractivity contribution in [3.8, 4) is 0 Å². The van der Waals surface area contributed by atoms with Gasteiger partial charge in [0.05, 0.1) is 4.90 Å². The summed E-state index contributed by atoms with van der Waals surface area (Å²) in [6.45, 7) is 1.34. The lowest BCUT2D eigenvalue weighted by Crippen LogP contribution is -2.44. The molecule has 0 aliphatic rings. The van der Waals surface area contributed by atoms with E-state index in [2.05, 4.69) is 10.6 Å². The number of nitrogens with two attached hydrogens (primary N) is 1. The lowest BCUT2D eigenvalue weighted by Gasteiger charge is -2.18. The van der Waals surface area contributed by atoms with Crippen LogP contribution < -0.4 is 15.8 Å². The van der Waals surface area contributed by atoms with Gasteiger partial charge in [0.15, 0.2) is 0 Å². The Labute approximate surface area is 146 Å². The Bertz CT molecular complexity index is 849. The van der Waals surface area contributed by atoms with E-state index in [1.54, 1.807) is 0 Å². The smallest absolute Gasteiger partial charge is 0.247 e. The number of sulfonamides is 1. The number of benzene rings is 2. The van der Waals surface area contributed by atoms with Crippen LogP contribution >= 0.6 is 0 Å². The quantitative estimate of drug-likeness (QED) is 0.712. The van der Waals surface area contributed by atoms with Crippen molar-refractivity contribution in [2.45, 2.75) is 24.3 Å². The lowest BCUT2D eigenvalue weighted by molar-refractivity contribution is -0.125. The molecule has 7 nitrogen and oxygen atoms in total. The first-order valence-corrected chi connectivity index (χ1v) is 9.05. The minimum atomic E-state index is -3.79. The van der Waals surface area contributed by atoms with Gasteiger partial charge in [-0.2, -0.15) is 0 Å². The van der Waals surface area contributed by atoms with Crippen LogP contribution in [0, 0.1) is 0 Å². The number of anilines is 1. The van der Waals surface area contributed by atoms with Crippen LogP contribution in [0.4, 0.5) is 5.69 Å². The Morgan fingerprint density at radius 1 is 1.04 bits per heavy atom. The number of hydrogen-bond donors (Lipinski definition) is 3. The van der Waals surface area contributed by atoms with Crippen LogP contribution in [0.2, 0.25) is 0 Å². The number of primary sulfonamides is 1. The third-order valence-corrected chi connectivity index (χ3v) is 4.36. The van der Waals surface area contributed by atoms with Gasteiger partial charge in [0.25, 0.3) is 0 Å². The van der Waals surface area contributed by atoms with E-state index in [9.17, 15) is 18.0 Å². The first kappa shape index (κ1) is 18.6. The van der Waals surface area contributed by atoms with Crippen molar-refractivity contribution in [1.29, 1.82) is 0 Å². The van der Waals surface area contributed by atoms with Crippen LogP contribution in [0.5, 0.6) is 0 Å². The highest BCUT2D eigenvalue weighted by Crippen LogP contribution is 2.13. The lowest BCUT2D eigenvalue weighted by atomic mass is 10.1. The monoisotopic (exact) mass is 361 g/mol. The normalized spacial score (nSPS) is 12.2. The summed E-state index contributed by atoms with van der Waals surface area (Å²) in [7, 11) is -3.79. The molecule has 0 unspecified atom stereocenters. The summed E-state index contributed by atoms with van der Waals surface area (Å²) in [6.07, 6.45) is 0.335. The number of amides is 2. The van der Waals surface area contributed by atoms with Gasteiger partial charge < -0.3 is 10.6 Å². The van der Waals surface area contributed by atoms with Gasteiger partial charge in [-0.1, -0.05) is 30.3 Å². The molecule has 0 aromatic heterocycles.